The summed E-state index contributed by atoms with van der Waals surface area (Å²) in [6.45, 7) is 1.37. The molecule has 0 aliphatic carbocycles. The minimum absolute atomic E-state index is 0.311. The molecule has 0 bridgehead atoms. The monoisotopic (exact) mass is 199 g/mol. The van der Waals surface area contributed by atoms with Gasteiger partial charge in [0.2, 0.25) is 0 Å². The third kappa shape index (κ3) is 2.72. The molecule has 0 radical (unpaired) electrons. The fourth-order valence-electron chi connectivity index (χ4n) is 1.92. The van der Waals surface area contributed by atoms with Crippen molar-refractivity contribution < 1.29 is 4.79 Å². The van der Waals surface area contributed by atoms with Crippen LogP contribution < -0.4 is 0 Å². The Bertz CT molecular complexity index is 386. The molecule has 1 aromatic rings. The van der Waals surface area contributed by atoms with Crippen molar-refractivity contribution in [3.8, 4) is 0 Å². The van der Waals surface area contributed by atoms with Crippen molar-refractivity contribution in [3.63, 3.8) is 0 Å². The highest BCUT2D eigenvalue weighted by atomic mass is 16.1. The number of hydrogen-bond acceptors (Lipinski definition) is 2. The molecule has 0 amide bonds. The Balaban J connectivity index is 2.07. The van der Waals surface area contributed by atoms with Crippen LogP contribution in [0.2, 0.25) is 0 Å². The van der Waals surface area contributed by atoms with Gasteiger partial charge >= 0.3 is 0 Å². The largest absolute Gasteiger partial charge is 0.367 e. The summed E-state index contributed by atoms with van der Waals surface area (Å²) in [5.41, 5.74) is 2.40. The van der Waals surface area contributed by atoms with E-state index in [-0.39, 0.29) is 0 Å². The predicted molar refractivity (Wildman–Crippen MR) is 63.1 cm³/mol. The van der Waals surface area contributed by atoms with Gasteiger partial charge in [0.25, 0.3) is 0 Å². The zero-order valence-corrected chi connectivity index (χ0v) is 8.94. The quantitative estimate of drug-likeness (QED) is 0.660. The van der Waals surface area contributed by atoms with Crippen LogP contribution in [0.25, 0.3) is 0 Å². The van der Waals surface area contributed by atoms with E-state index in [9.17, 15) is 4.79 Å². The molecule has 1 aliphatic rings. The predicted octanol–water partition coefficient (Wildman–Crippen LogP) is 0.936. The second-order valence-electron chi connectivity index (χ2n) is 4.08. The lowest BCUT2D eigenvalue weighted by molar-refractivity contribution is -0.119. The van der Waals surface area contributed by atoms with Gasteiger partial charge in [-0.05, 0) is 11.8 Å². The molecule has 0 aromatic heterocycles. The van der Waals surface area contributed by atoms with E-state index < -0.39 is 0 Å². The van der Waals surface area contributed by atoms with E-state index in [0.717, 1.165) is 12.0 Å². The summed E-state index contributed by atoms with van der Waals surface area (Å²) in [4.78, 5) is 13.5. The van der Waals surface area contributed by atoms with Crippen molar-refractivity contribution in [1.82, 2.24) is 4.90 Å². The molecule has 0 saturated carbocycles. The van der Waals surface area contributed by atoms with Crippen LogP contribution in [0.4, 0.5) is 0 Å². The van der Waals surface area contributed by atoms with Gasteiger partial charge in [0.05, 0.1) is 6.54 Å². The smallest absolute Gasteiger partial charge is 0.155 e. The molecule has 0 N–H and O–H groups in total. The Morgan fingerprint density at radius 3 is 2.67 bits per heavy atom. The maximum Gasteiger partial charge on any atom is 0.155 e. The van der Waals surface area contributed by atoms with E-state index in [1.807, 2.05) is 26.0 Å². The number of hydrogen-bond donors (Lipinski definition) is 0. The zero-order valence-electron chi connectivity index (χ0n) is 8.94. The Morgan fingerprint density at radius 2 is 2.00 bits per heavy atom. The van der Waals surface area contributed by atoms with Gasteiger partial charge in [0.1, 0.15) is 7.85 Å². The second kappa shape index (κ2) is 4.34. The molecule has 0 fully saturated rings. The number of carbonyl (C=O) groups excluding carboxylic acids is 1. The number of ketones is 1. The molecule has 1 heterocycles. The van der Waals surface area contributed by atoms with E-state index in [0.29, 0.717) is 18.7 Å². The van der Waals surface area contributed by atoms with E-state index >= 15 is 0 Å². The number of benzene rings is 1. The first kappa shape index (κ1) is 10.0. The molecule has 3 heteroatoms. The Morgan fingerprint density at radius 1 is 1.27 bits per heavy atom. The van der Waals surface area contributed by atoms with E-state index in [1.165, 1.54) is 5.56 Å². The van der Waals surface area contributed by atoms with Crippen molar-refractivity contribution in [1.29, 1.82) is 0 Å². The van der Waals surface area contributed by atoms with Crippen molar-refractivity contribution in [2.24, 2.45) is 0 Å². The summed E-state index contributed by atoms with van der Waals surface area (Å²) < 4.78 is 0. The molecular weight excluding hydrogens is 185 g/mol. The van der Waals surface area contributed by atoms with E-state index in [4.69, 9.17) is 0 Å². The molecule has 15 heavy (non-hydrogen) atoms. The van der Waals surface area contributed by atoms with Crippen LogP contribution in [-0.4, -0.2) is 25.1 Å². The maximum atomic E-state index is 11.4. The fourth-order valence-corrected chi connectivity index (χ4v) is 1.92. The lowest BCUT2D eigenvalue weighted by Gasteiger charge is -2.25. The summed E-state index contributed by atoms with van der Waals surface area (Å²) in [5.74, 6) is 0.311. The van der Waals surface area contributed by atoms with Crippen LogP contribution in [0, 0.1) is 0 Å². The highest BCUT2D eigenvalue weighted by Crippen LogP contribution is 2.12. The van der Waals surface area contributed by atoms with Gasteiger partial charge in [-0.3, -0.25) is 4.79 Å². The number of nitrogens with zero attached hydrogens (tertiary/aromatic N) is 1. The molecule has 0 spiro atoms. The lowest BCUT2D eigenvalue weighted by Crippen LogP contribution is -2.29. The summed E-state index contributed by atoms with van der Waals surface area (Å²) in [7, 11) is 2.01. The van der Waals surface area contributed by atoms with Crippen LogP contribution in [0.3, 0.4) is 0 Å². The fraction of sp³-hybridized carbons (Fsp3) is 0.250. The molecule has 0 unspecified atom stereocenters. The molecule has 0 atom stereocenters. The van der Waals surface area contributed by atoms with Crippen molar-refractivity contribution in [2.75, 3.05) is 6.54 Å². The Kier molecular flexibility index (Phi) is 2.90. The van der Waals surface area contributed by atoms with Gasteiger partial charge < -0.3 is 4.90 Å². The summed E-state index contributed by atoms with van der Waals surface area (Å²) in [5, 5.41) is 0. The van der Waals surface area contributed by atoms with Crippen LogP contribution in [-0.2, 0) is 11.3 Å². The second-order valence-corrected chi connectivity index (χ2v) is 4.08. The standard InChI is InChI=1S/C12H14BNO/c13-11-6-12(15)9-14(8-11)7-10-4-2-1-3-5-10/h1-5,8H,6-7,9,13H2. The molecule has 2 nitrogen and oxygen atoms in total. The lowest BCUT2D eigenvalue weighted by atomic mass is 9.89. The average molecular weight is 199 g/mol. The normalized spacial score (nSPS) is 16.4. The number of Topliss-reactive ketones (excluding diaryl/α,β-unsaturated/α-hetero) is 1. The number of allylic oxidation sites excluding steroid dienone is 1. The third-order valence-electron chi connectivity index (χ3n) is 2.49. The van der Waals surface area contributed by atoms with Gasteiger partial charge in [-0.2, -0.15) is 0 Å². The van der Waals surface area contributed by atoms with Gasteiger partial charge in [0.15, 0.2) is 5.78 Å². The van der Waals surface area contributed by atoms with Gasteiger partial charge in [-0.1, -0.05) is 35.8 Å². The van der Waals surface area contributed by atoms with E-state index in [1.54, 1.807) is 0 Å². The number of carbonyl (C=O) groups is 1. The van der Waals surface area contributed by atoms with Crippen molar-refractivity contribution in [3.05, 3.63) is 47.6 Å². The first-order chi connectivity index (χ1) is 7.24. The molecule has 76 valence electrons. The molecule has 1 aromatic carbocycles. The molecule has 1 aliphatic heterocycles. The summed E-state index contributed by atoms with van der Waals surface area (Å²) in [6.07, 6.45) is 2.71. The van der Waals surface area contributed by atoms with Crippen LogP contribution in [0.5, 0.6) is 0 Å². The van der Waals surface area contributed by atoms with Crippen molar-refractivity contribution in [2.45, 2.75) is 13.0 Å². The minimum Gasteiger partial charge on any atom is -0.367 e. The first-order valence-corrected chi connectivity index (χ1v) is 5.21. The SMILES string of the molecule is BC1=CN(Cc2ccccc2)CC(=O)C1. The zero-order chi connectivity index (χ0) is 10.7. The van der Waals surface area contributed by atoms with Gasteiger partial charge in [-0.25, -0.2) is 0 Å². The number of rotatable bonds is 2. The maximum absolute atomic E-state index is 11.4. The summed E-state index contributed by atoms with van der Waals surface area (Å²) >= 11 is 0. The average Bonchev–Trinajstić information content (AvgIpc) is 2.17. The highest BCUT2D eigenvalue weighted by Gasteiger charge is 2.14. The van der Waals surface area contributed by atoms with Gasteiger partial charge in [0, 0.05) is 13.0 Å². The topological polar surface area (TPSA) is 20.3 Å². The minimum atomic E-state index is 0.311. The van der Waals surface area contributed by atoms with E-state index in [2.05, 4.69) is 23.2 Å². The third-order valence-corrected chi connectivity index (χ3v) is 2.49. The van der Waals surface area contributed by atoms with Crippen LogP contribution in [0.15, 0.2) is 42.0 Å². The van der Waals surface area contributed by atoms with Gasteiger partial charge in [-0.15, -0.1) is 0 Å². The Hall–Kier alpha value is -1.51. The molecule has 0 saturated heterocycles. The van der Waals surface area contributed by atoms with Crippen LogP contribution >= 0.6 is 0 Å². The summed E-state index contributed by atoms with van der Waals surface area (Å²) in [6, 6.07) is 10.2. The molecular formula is C12H14BNO. The molecule has 2 rings (SSSR count). The highest BCUT2D eigenvalue weighted by molar-refractivity contribution is 6.23. The first-order valence-electron chi connectivity index (χ1n) is 5.21. The Labute approximate surface area is 91.0 Å². The van der Waals surface area contributed by atoms with Crippen molar-refractivity contribution >= 4 is 13.6 Å². The van der Waals surface area contributed by atoms with Crippen LogP contribution in [0.1, 0.15) is 12.0 Å².